The molecule has 0 aliphatic carbocycles. The molecule has 0 unspecified atom stereocenters. The Balaban J connectivity index is 1.44. The molecule has 5 nitrogen and oxygen atoms in total. The Labute approximate surface area is 174 Å². The Morgan fingerprint density at radius 1 is 0.929 bits per heavy atom. The lowest BCUT2D eigenvalue weighted by Gasteiger charge is -2.49. The molecule has 2 aromatic rings. The van der Waals surface area contributed by atoms with Gasteiger partial charge in [-0.1, -0.05) is 46.3 Å². The highest BCUT2D eigenvalue weighted by molar-refractivity contribution is 9.10. The number of para-hydroxylation sites is 1. The molecule has 0 spiro atoms. The van der Waals surface area contributed by atoms with Gasteiger partial charge in [0.1, 0.15) is 5.75 Å². The Morgan fingerprint density at radius 3 is 2.21 bits per heavy atom. The lowest BCUT2D eigenvalue weighted by molar-refractivity contribution is -0.0483. The molecule has 0 bridgehead atoms. The SMILES string of the molecule is O=C(Oc1ccccc1)N1CCN(C2(c3ccc(Br)cc3)CCOCC2)CC1. The van der Waals surface area contributed by atoms with Gasteiger partial charge in [-0.25, -0.2) is 4.79 Å². The fourth-order valence-electron chi connectivity index (χ4n) is 4.23. The molecule has 2 aromatic carbocycles. The minimum atomic E-state index is -0.268. The fraction of sp³-hybridized carbons (Fsp3) is 0.409. The van der Waals surface area contributed by atoms with Crippen LogP contribution in [0.1, 0.15) is 18.4 Å². The van der Waals surface area contributed by atoms with Crippen LogP contribution >= 0.6 is 15.9 Å². The van der Waals surface area contributed by atoms with E-state index in [1.54, 1.807) is 17.0 Å². The van der Waals surface area contributed by atoms with Gasteiger partial charge in [0.25, 0.3) is 0 Å². The molecule has 0 radical (unpaired) electrons. The fourth-order valence-corrected chi connectivity index (χ4v) is 4.49. The van der Waals surface area contributed by atoms with Crippen molar-refractivity contribution in [1.29, 1.82) is 0 Å². The van der Waals surface area contributed by atoms with Crippen LogP contribution in [0.2, 0.25) is 0 Å². The summed E-state index contributed by atoms with van der Waals surface area (Å²) in [6, 6.07) is 17.9. The standard InChI is InChI=1S/C22H25BrN2O3/c23-19-8-6-18(7-9-19)22(10-16-27-17-11-22)25-14-12-24(13-15-25)21(26)28-20-4-2-1-3-5-20/h1-9H,10-17H2. The predicted molar refractivity (Wildman–Crippen MR) is 111 cm³/mol. The van der Waals surface area contributed by atoms with E-state index in [4.69, 9.17) is 9.47 Å². The van der Waals surface area contributed by atoms with Crippen LogP contribution in [0.4, 0.5) is 4.79 Å². The molecule has 0 N–H and O–H groups in total. The summed E-state index contributed by atoms with van der Waals surface area (Å²) in [4.78, 5) is 16.8. The van der Waals surface area contributed by atoms with Crippen LogP contribution in [-0.4, -0.2) is 55.3 Å². The average Bonchev–Trinajstić information content (AvgIpc) is 2.75. The van der Waals surface area contributed by atoms with E-state index < -0.39 is 0 Å². The molecule has 4 rings (SSSR count). The van der Waals surface area contributed by atoms with Gasteiger partial charge in [0.15, 0.2) is 0 Å². The third-order valence-electron chi connectivity index (χ3n) is 5.79. The van der Waals surface area contributed by atoms with Crippen LogP contribution in [-0.2, 0) is 10.3 Å². The number of hydrogen-bond donors (Lipinski definition) is 0. The molecule has 0 saturated carbocycles. The van der Waals surface area contributed by atoms with Crippen LogP contribution in [0.25, 0.3) is 0 Å². The number of nitrogens with zero attached hydrogens (tertiary/aromatic N) is 2. The summed E-state index contributed by atoms with van der Waals surface area (Å²) in [5, 5.41) is 0. The van der Waals surface area contributed by atoms with E-state index in [2.05, 4.69) is 45.1 Å². The number of hydrogen-bond acceptors (Lipinski definition) is 4. The average molecular weight is 445 g/mol. The first-order chi connectivity index (χ1) is 13.7. The van der Waals surface area contributed by atoms with Crippen molar-refractivity contribution in [2.75, 3.05) is 39.4 Å². The van der Waals surface area contributed by atoms with Gasteiger partial charge in [0, 0.05) is 43.9 Å². The van der Waals surface area contributed by atoms with Crippen molar-refractivity contribution < 1.29 is 14.3 Å². The zero-order valence-corrected chi connectivity index (χ0v) is 17.4. The van der Waals surface area contributed by atoms with Gasteiger partial charge in [-0.15, -0.1) is 0 Å². The van der Waals surface area contributed by atoms with Crippen molar-refractivity contribution in [3.63, 3.8) is 0 Å². The van der Waals surface area contributed by atoms with Gasteiger partial charge in [0.05, 0.1) is 5.54 Å². The van der Waals surface area contributed by atoms with Gasteiger partial charge in [0.2, 0.25) is 0 Å². The highest BCUT2D eigenvalue weighted by Gasteiger charge is 2.41. The molecule has 2 saturated heterocycles. The van der Waals surface area contributed by atoms with Crippen LogP contribution in [0.3, 0.4) is 0 Å². The second-order valence-electron chi connectivity index (χ2n) is 7.31. The molecule has 6 heteroatoms. The van der Waals surface area contributed by atoms with Crippen molar-refractivity contribution in [2.45, 2.75) is 18.4 Å². The molecule has 2 heterocycles. The van der Waals surface area contributed by atoms with Crippen molar-refractivity contribution in [2.24, 2.45) is 0 Å². The summed E-state index contributed by atoms with van der Waals surface area (Å²) >= 11 is 3.54. The Hall–Kier alpha value is -1.89. The first-order valence-corrected chi connectivity index (χ1v) is 10.6. The first-order valence-electron chi connectivity index (χ1n) is 9.78. The van der Waals surface area contributed by atoms with Gasteiger partial charge in [-0.3, -0.25) is 4.90 Å². The Kier molecular flexibility index (Phi) is 5.99. The van der Waals surface area contributed by atoms with Gasteiger partial charge >= 0.3 is 6.09 Å². The van der Waals surface area contributed by atoms with Crippen molar-refractivity contribution >= 4 is 22.0 Å². The molecule has 28 heavy (non-hydrogen) atoms. The minimum absolute atomic E-state index is 0.0195. The van der Waals surface area contributed by atoms with E-state index in [1.165, 1.54) is 5.56 Å². The zero-order chi connectivity index (χ0) is 19.4. The quantitative estimate of drug-likeness (QED) is 0.708. The van der Waals surface area contributed by atoms with Gasteiger partial charge in [-0.05, 0) is 42.7 Å². The topological polar surface area (TPSA) is 42.0 Å². The highest BCUT2D eigenvalue weighted by Crippen LogP contribution is 2.39. The minimum Gasteiger partial charge on any atom is -0.410 e. The monoisotopic (exact) mass is 444 g/mol. The van der Waals surface area contributed by atoms with Crippen LogP contribution in [0, 0.1) is 0 Å². The largest absolute Gasteiger partial charge is 0.415 e. The van der Waals surface area contributed by atoms with E-state index in [0.29, 0.717) is 18.8 Å². The number of carbonyl (C=O) groups excluding carboxylic acids is 1. The Bertz CT molecular complexity index is 783. The van der Waals surface area contributed by atoms with Crippen molar-refractivity contribution in [1.82, 2.24) is 9.80 Å². The van der Waals surface area contributed by atoms with E-state index in [9.17, 15) is 4.79 Å². The second-order valence-corrected chi connectivity index (χ2v) is 8.22. The third kappa shape index (κ3) is 4.09. The molecule has 2 aliphatic rings. The van der Waals surface area contributed by atoms with E-state index in [-0.39, 0.29) is 11.6 Å². The maximum atomic E-state index is 12.5. The van der Waals surface area contributed by atoms with Gasteiger partial charge < -0.3 is 14.4 Å². The van der Waals surface area contributed by atoms with E-state index in [1.807, 2.05) is 18.2 Å². The summed E-state index contributed by atoms with van der Waals surface area (Å²) in [5.41, 5.74) is 1.31. The van der Waals surface area contributed by atoms with Crippen molar-refractivity contribution in [3.8, 4) is 5.75 Å². The number of benzene rings is 2. The summed E-state index contributed by atoms with van der Waals surface area (Å²) in [6.45, 7) is 4.55. The normalized spacial score (nSPS) is 20.0. The number of rotatable bonds is 3. The molecule has 1 amide bonds. The molecule has 2 aliphatic heterocycles. The lowest BCUT2D eigenvalue weighted by atomic mass is 9.80. The first kappa shape index (κ1) is 19.4. The Morgan fingerprint density at radius 2 is 1.57 bits per heavy atom. The summed E-state index contributed by atoms with van der Waals surface area (Å²) < 4.78 is 12.3. The summed E-state index contributed by atoms with van der Waals surface area (Å²) in [7, 11) is 0. The summed E-state index contributed by atoms with van der Waals surface area (Å²) in [6.07, 6.45) is 1.68. The molecule has 2 fully saturated rings. The number of amides is 1. The van der Waals surface area contributed by atoms with Crippen molar-refractivity contribution in [3.05, 3.63) is 64.6 Å². The molecule has 148 valence electrons. The lowest BCUT2D eigenvalue weighted by Crippen LogP contribution is -2.58. The van der Waals surface area contributed by atoms with E-state index >= 15 is 0 Å². The van der Waals surface area contributed by atoms with Crippen LogP contribution < -0.4 is 4.74 Å². The molecular formula is C22H25BrN2O3. The highest BCUT2D eigenvalue weighted by atomic mass is 79.9. The van der Waals surface area contributed by atoms with Crippen LogP contribution in [0.5, 0.6) is 5.75 Å². The maximum Gasteiger partial charge on any atom is 0.415 e. The molecule has 0 aromatic heterocycles. The number of halogens is 1. The molecular weight excluding hydrogens is 420 g/mol. The number of carbonyl (C=O) groups is 1. The third-order valence-corrected chi connectivity index (χ3v) is 6.32. The maximum absolute atomic E-state index is 12.5. The van der Waals surface area contributed by atoms with Crippen LogP contribution in [0.15, 0.2) is 59.1 Å². The number of ether oxygens (including phenoxy) is 2. The predicted octanol–water partition coefficient (Wildman–Crippen LogP) is 4.27. The van der Waals surface area contributed by atoms with Gasteiger partial charge in [-0.2, -0.15) is 0 Å². The summed E-state index contributed by atoms with van der Waals surface area (Å²) in [5.74, 6) is 0.589. The number of piperazine rings is 1. The zero-order valence-electron chi connectivity index (χ0n) is 15.9. The smallest absolute Gasteiger partial charge is 0.410 e. The second kappa shape index (κ2) is 8.64. The molecule has 0 atom stereocenters. The van der Waals surface area contributed by atoms with E-state index in [0.717, 1.165) is 43.6 Å².